The summed E-state index contributed by atoms with van der Waals surface area (Å²) in [4.78, 5) is 15.7. The molecule has 0 saturated carbocycles. The summed E-state index contributed by atoms with van der Waals surface area (Å²) in [6.45, 7) is 5.26. The van der Waals surface area contributed by atoms with Crippen LogP contribution in [0.2, 0.25) is 0 Å². The predicted octanol–water partition coefficient (Wildman–Crippen LogP) is 6.05. The zero-order valence-corrected chi connectivity index (χ0v) is 16.9. The first-order chi connectivity index (χ1) is 13.7. The molecule has 1 aromatic heterocycles. The first kappa shape index (κ1) is 21.0. The van der Waals surface area contributed by atoms with Crippen molar-refractivity contribution in [1.29, 1.82) is 0 Å². The van der Waals surface area contributed by atoms with Crippen LogP contribution >= 0.6 is 11.5 Å². The molecule has 0 radical (unpaired) electrons. The minimum atomic E-state index is -4.55. The second kappa shape index (κ2) is 8.32. The van der Waals surface area contributed by atoms with Crippen LogP contribution in [0.5, 0.6) is 5.75 Å². The van der Waals surface area contributed by atoms with Gasteiger partial charge in [0.15, 0.2) is 5.82 Å². The molecule has 0 N–H and O–H groups in total. The van der Waals surface area contributed by atoms with E-state index in [1.807, 2.05) is 6.92 Å². The third kappa shape index (κ3) is 4.48. The van der Waals surface area contributed by atoms with Crippen LogP contribution < -0.4 is 4.74 Å². The molecule has 0 spiro atoms. The van der Waals surface area contributed by atoms with Crippen molar-refractivity contribution >= 4 is 17.8 Å². The third-order valence-corrected chi connectivity index (χ3v) is 5.02. The van der Waals surface area contributed by atoms with Crippen LogP contribution in [0.15, 0.2) is 36.4 Å². The first-order valence-electron chi connectivity index (χ1n) is 9.04. The van der Waals surface area contributed by atoms with E-state index in [0.717, 1.165) is 29.4 Å². The quantitative estimate of drug-likeness (QED) is 0.455. The van der Waals surface area contributed by atoms with Crippen LogP contribution in [-0.2, 0) is 12.6 Å². The highest BCUT2D eigenvalue weighted by Gasteiger charge is 2.35. The van der Waals surface area contributed by atoms with Crippen LogP contribution in [-0.4, -0.2) is 21.7 Å². The number of carbonyl (C=O) groups is 1. The Hall–Kier alpha value is -2.74. The van der Waals surface area contributed by atoms with E-state index in [4.69, 9.17) is 4.74 Å². The molecule has 152 valence electrons. The molecule has 0 aliphatic heterocycles. The molecule has 0 amide bonds. The molecule has 0 unspecified atom stereocenters. The molecule has 0 bridgehead atoms. The monoisotopic (exact) mass is 420 g/mol. The summed E-state index contributed by atoms with van der Waals surface area (Å²) in [5.41, 5.74) is 1.52. The number of halogens is 3. The predicted molar refractivity (Wildman–Crippen MR) is 106 cm³/mol. The Balaban J connectivity index is 2.04. The standard InChI is InChI=1S/C21H19F3N2O2S/c1-4-15-14(11-27)6-5-7-16(15)19-25-20(29-26-19)13-8-9-18(28-12(2)3)17(10-13)21(22,23)24/h5-12H,4H2,1-3H3. The smallest absolute Gasteiger partial charge is 0.419 e. The number of nitrogens with zero attached hydrogens (tertiary/aromatic N) is 2. The number of hydrogen-bond acceptors (Lipinski definition) is 5. The van der Waals surface area contributed by atoms with Crippen LogP contribution in [0.1, 0.15) is 42.3 Å². The van der Waals surface area contributed by atoms with E-state index in [-0.39, 0.29) is 11.9 Å². The Bertz CT molecular complexity index is 1030. The highest BCUT2D eigenvalue weighted by Crippen LogP contribution is 2.40. The van der Waals surface area contributed by atoms with Gasteiger partial charge < -0.3 is 4.74 Å². The zero-order chi connectivity index (χ0) is 21.2. The fourth-order valence-corrected chi connectivity index (χ4v) is 3.68. The van der Waals surface area contributed by atoms with Gasteiger partial charge in [-0.3, -0.25) is 4.79 Å². The molecular formula is C21H19F3N2O2S. The summed E-state index contributed by atoms with van der Waals surface area (Å²) in [5, 5.41) is 0.361. The lowest BCUT2D eigenvalue weighted by atomic mass is 9.99. The van der Waals surface area contributed by atoms with Gasteiger partial charge in [-0.2, -0.15) is 17.5 Å². The van der Waals surface area contributed by atoms with E-state index in [9.17, 15) is 18.0 Å². The summed E-state index contributed by atoms with van der Waals surface area (Å²) in [6, 6.07) is 9.14. The summed E-state index contributed by atoms with van der Waals surface area (Å²) in [5.74, 6) is 0.176. The lowest BCUT2D eigenvalue weighted by molar-refractivity contribution is -0.139. The largest absolute Gasteiger partial charge is 0.490 e. The lowest BCUT2D eigenvalue weighted by Gasteiger charge is -2.16. The van der Waals surface area contributed by atoms with Gasteiger partial charge in [0, 0.05) is 16.7 Å². The minimum Gasteiger partial charge on any atom is -0.490 e. The van der Waals surface area contributed by atoms with Gasteiger partial charge in [-0.25, -0.2) is 4.98 Å². The number of aromatic nitrogens is 2. The zero-order valence-electron chi connectivity index (χ0n) is 16.1. The number of alkyl halides is 3. The molecule has 0 atom stereocenters. The average Bonchev–Trinajstić information content (AvgIpc) is 3.16. The number of rotatable bonds is 6. The minimum absolute atomic E-state index is 0.215. The van der Waals surface area contributed by atoms with Crippen LogP contribution in [0.4, 0.5) is 13.2 Å². The van der Waals surface area contributed by atoms with Gasteiger partial charge in [-0.05, 0) is 55.6 Å². The Morgan fingerprint density at radius 1 is 1.21 bits per heavy atom. The highest BCUT2D eigenvalue weighted by atomic mass is 32.1. The number of carbonyl (C=O) groups excluding carboxylic acids is 1. The number of aldehydes is 1. The second-order valence-corrected chi connectivity index (χ2v) is 7.40. The number of ether oxygens (including phenoxy) is 1. The van der Waals surface area contributed by atoms with Crippen molar-refractivity contribution in [3.05, 3.63) is 53.1 Å². The van der Waals surface area contributed by atoms with Gasteiger partial charge in [0.2, 0.25) is 0 Å². The molecule has 0 aliphatic rings. The van der Waals surface area contributed by atoms with Crippen LogP contribution in [0.25, 0.3) is 22.0 Å². The maximum Gasteiger partial charge on any atom is 0.419 e. The second-order valence-electron chi connectivity index (χ2n) is 6.64. The van der Waals surface area contributed by atoms with E-state index in [0.29, 0.717) is 33.9 Å². The molecule has 0 saturated heterocycles. The van der Waals surface area contributed by atoms with Crippen LogP contribution in [0.3, 0.4) is 0 Å². The summed E-state index contributed by atoms with van der Waals surface area (Å²) in [6.07, 6.45) is -3.55. The fourth-order valence-electron chi connectivity index (χ4n) is 3.01. The van der Waals surface area contributed by atoms with Gasteiger partial charge in [-0.15, -0.1) is 0 Å². The van der Waals surface area contributed by atoms with E-state index < -0.39 is 11.7 Å². The Labute approximate surface area is 170 Å². The lowest BCUT2D eigenvalue weighted by Crippen LogP contribution is -2.13. The maximum absolute atomic E-state index is 13.5. The van der Waals surface area contributed by atoms with Crippen LogP contribution in [0, 0.1) is 0 Å². The summed E-state index contributed by atoms with van der Waals surface area (Å²) >= 11 is 1.01. The topological polar surface area (TPSA) is 52.1 Å². The normalized spacial score (nSPS) is 11.7. The molecule has 0 aliphatic carbocycles. The van der Waals surface area contributed by atoms with Gasteiger partial charge in [0.25, 0.3) is 0 Å². The molecular weight excluding hydrogens is 401 g/mol. The SMILES string of the molecule is CCc1c(C=O)cccc1-c1nsc(-c2ccc(OC(C)C)c(C(F)(F)F)c2)n1. The molecule has 4 nitrogen and oxygen atoms in total. The third-order valence-electron chi connectivity index (χ3n) is 4.25. The molecule has 8 heteroatoms. The summed E-state index contributed by atoms with van der Waals surface area (Å²) < 4.78 is 50.1. The Morgan fingerprint density at radius 3 is 2.59 bits per heavy atom. The van der Waals surface area contributed by atoms with E-state index >= 15 is 0 Å². The van der Waals surface area contributed by atoms with Crippen molar-refractivity contribution in [1.82, 2.24) is 9.36 Å². The molecule has 1 heterocycles. The van der Waals surface area contributed by atoms with Crippen molar-refractivity contribution in [2.45, 2.75) is 39.5 Å². The fraction of sp³-hybridized carbons (Fsp3) is 0.286. The van der Waals surface area contributed by atoms with Gasteiger partial charge in [0.1, 0.15) is 17.0 Å². The van der Waals surface area contributed by atoms with Gasteiger partial charge >= 0.3 is 6.18 Å². The molecule has 0 fully saturated rings. The summed E-state index contributed by atoms with van der Waals surface area (Å²) in [7, 11) is 0. The molecule has 3 rings (SSSR count). The van der Waals surface area contributed by atoms with Crippen molar-refractivity contribution in [2.24, 2.45) is 0 Å². The maximum atomic E-state index is 13.5. The van der Waals surface area contributed by atoms with Crippen molar-refractivity contribution in [2.75, 3.05) is 0 Å². The molecule has 2 aromatic carbocycles. The van der Waals surface area contributed by atoms with Gasteiger partial charge in [-0.1, -0.05) is 25.1 Å². The van der Waals surface area contributed by atoms with E-state index in [1.54, 1.807) is 38.1 Å². The number of benzene rings is 2. The Kier molecular flexibility index (Phi) is 6.02. The van der Waals surface area contributed by atoms with Crippen molar-refractivity contribution < 1.29 is 22.7 Å². The Morgan fingerprint density at radius 2 is 1.97 bits per heavy atom. The number of hydrogen-bond donors (Lipinski definition) is 0. The molecule has 3 aromatic rings. The first-order valence-corrected chi connectivity index (χ1v) is 9.81. The van der Waals surface area contributed by atoms with Crippen molar-refractivity contribution in [3.63, 3.8) is 0 Å². The highest BCUT2D eigenvalue weighted by molar-refractivity contribution is 7.09. The molecule has 29 heavy (non-hydrogen) atoms. The average molecular weight is 420 g/mol. The van der Waals surface area contributed by atoms with Crippen molar-refractivity contribution in [3.8, 4) is 27.7 Å². The van der Waals surface area contributed by atoms with E-state index in [2.05, 4.69) is 9.36 Å². The van der Waals surface area contributed by atoms with Gasteiger partial charge in [0.05, 0.1) is 11.7 Å². The van der Waals surface area contributed by atoms with E-state index in [1.165, 1.54) is 6.07 Å².